The summed E-state index contributed by atoms with van der Waals surface area (Å²) in [7, 11) is 7.52. The number of pyridine rings is 2. The SMILES string of the molecule is CN1CC(N)C1.COC1(C)CCN(C2=C(C#N)C(=O)Cc3cnc(C(=O)CC4CN(C)C4)cc32)CC1.COC1(C)CCN(C2=C(C#N)C(=O)Cc3cnc(C(=O)O)cc32)CC1.O=C(O)C(F)(F)F. The topological polar surface area (TPSA) is 257 Å². The van der Waals surface area contributed by atoms with Crippen LogP contribution in [0.1, 0.15) is 89.2 Å². The number of nitrogens with two attached hydrogens (primary N) is 1. The molecule has 0 radical (unpaired) electrons. The molecule has 18 nitrogen and oxygen atoms in total. The number of nitriles is 2. The first-order valence-electron chi connectivity index (χ1n) is 22.1. The van der Waals surface area contributed by atoms with Crippen molar-refractivity contribution >= 4 is 40.7 Å². The number of allylic oxidation sites excluding steroid dienone is 2. The highest BCUT2D eigenvalue weighted by atomic mass is 19.4. The Hall–Kier alpha value is -6.10. The molecule has 2 aromatic rings. The number of rotatable bonds is 8. The van der Waals surface area contributed by atoms with Crippen LogP contribution in [0.15, 0.2) is 35.7 Å². The standard InChI is InChI=1S/C23H28N4O3.C18H19N3O4.C4H10N2.C2HF3O2/c1-23(30-3)4-6-27(7-5-23)22-17-10-19(21(29)8-15-13-26(2)14-15)25-12-16(17)9-20(28)18(22)11-24;1-18(25-2)3-5-21(6-4-18)16-12-8-14(17(23)24)20-10-11(12)7-15(22)13(16)9-19;1-6-2-4(5)3-6;3-2(4,5)1(6)7/h10,12,15H,4-9,13-14H2,1-3H3;8,10H,3-7H2,1-2H3,(H,23,24);4H,2-3,5H2,1H3;(H,6,7). The Morgan fingerprint density at radius 2 is 1.15 bits per heavy atom. The lowest BCUT2D eigenvalue weighted by Gasteiger charge is -2.41. The number of aliphatic carboxylic acids is 1. The fourth-order valence-electron chi connectivity index (χ4n) is 8.79. The number of ketones is 3. The molecule has 6 heterocycles. The Morgan fingerprint density at radius 1 is 0.765 bits per heavy atom. The van der Waals surface area contributed by atoms with E-state index in [1.165, 1.54) is 12.3 Å². The normalized spacial score (nSPS) is 20.3. The number of likely N-dealkylation sites (tertiary alicyclic amines) is 4. The number of nitrogens with zero attached hydrogens (tertiary/aromatic N) is 8. The van der Waals surface area contributed by atoms with Crippen LogP contribution >= 0.6 is 0 Å². The summed E-state index contributed by atoms with van der Waals surface area (Å²) in [6.45, 7) is 10.8. The molecule has 0 spiro atoms. The van der Waals surface area contributed by atoms with Gasteiger partial charge < -0.3 is 45.0 Å². The van der Waals surface area contributed by atoms with Gasteiger partial charge in [-0.2, -0.15) is 23.7 Å². The predicted molar refractivity (Wildman–Crippen MR) is 239 cm³/mol. The third-order valence-electron chi connectivity index (χ3n) is 13.2. The third-order valence-corrected chi connectivity index (χ3v) is 13.2. The van der Waals surface area contributed by atoms with E-state index in [0.717, 1.165) is 63.0 Å². The fraction of sp³-hybridized carbons (Fsp3) is 0.553. The van der Waals surface area contributed by atoms with Crippen molar-refractivity contribution in [2.24, 2.45) is 11.7 Å². The molecule has 4 N–H and O–H groups in total. The molecule has 21 heteroatoms. The van der Waals surface area contributed by atoms with Crippen LogP contribution in [0.5, 0.6) is 0 Å². The van der Waals surface area contributed by atoms with Crippen LogP contribution < -0.4 is 5.73 Å². The first-order chi connectivity index (χ1) is 31.9. The highest BCUT2D eigenvalue weighted by Gasteiger charge is 2.39. The van der Waals surface area contributed by atoms with Gasteiger partial charge in [0.15, 0.2) is 17.3 Å². The van der Waals surface area contributed by atoms with Crippen LogP contribution in [0.4, 0.5) is 13.2 Å². The third kappa shape index (κ3) is 12.7. The molecular formula is C47H58F3N9O9. The molecule has 2 aliphatic carbocycles. The van der Waals surface area contributed by atoms with Gasteiger partial charge >= 0.3 is 18.1 Å². The number of methoxy groups -OCH3 is 2. The van der Waals surface area contributed by atoms with Gasteiger partial charge in [0.25, 0.3) is 0 Å². The summed E-state index contributed by atoms with van der Waals surface area (Å²) in [4.78, 5) is 74.7. The van der Waals surface area contributed by atoms with E-state index in [4.69, 9.17) is 25.1 Å². The zero-order valence-corrected chi connectivity index (χ0v) is 39.1. The molecule has 8 rings (SSSR count). The average molecular weight is 950 g/mol. The summed E-state index contributed by atoms with van der Waals surface area (Å²) in [5, 5.41) is 35.6. The minimum atomic E-state index is -5.08. The molecule has 68 heavy (non-hydrogen) atoms. The molecule has 366 valence electrons. The number of likely N-dealkylation sites (N-methyl/N-ethyl adjacent to an activating group) is 1. The second-order valence-corrected chi connectivity index (χ2v) is 18.4. The molecule has 0 aromatic carbocycles. The molecule has 6 aliphatic rings. The van der Waals surface area contributed by atoms with Crippen molar-refractivity contribution in [1.29, 1.82) is 10.5 Å². The Morgan fingerprint density at radius 3 is 1.46 bits per heavy atom. The van der Waals surface area contributed by atoms with Gasteiger partial charge in [-0.3, -0.25) is 19.4 Å². The van der Waals surface area contributed by atoms with Gasteiger partial charge in [0.05, 0.1) is 22.6 Å². The van der Waals surface area contributed by atoms with Crippen molar-refractivity contribution in [2.45, 2.75) is 82.2 Å². The molecule has 0 saturated carbocycles. The first kappa shape index (κ1) is 52.9. The summed E-state index contributed by atoms with van der Waals surface area (Å²) in [5.41, 5.74) is 9.66. The lowest BCUT2D eigenvalue weighted by atomic mass is 9.85. The number of hydrogen-bond donors (Lipinski definition) is 3. The molecule has 0 atom stereocenters. The predicted octanol–water partition coefficient (Wildman–Crippen LogP) is 3.61. The van der Waals surface area contributed by atoms with Gasteiger partial charge in [0, 0.05) is 115 Å². The van der Waals surface area contributed by atoms with Gasteiger partial charge in [-0.25, -0.2) is 14.6 Å². The van der Waals surface area contributed by atoms with E-state index >= 15 is 0 Å². The van der Waals surface area contributed by atoms with Crippen LogP contribution in [-0.4, -0.2) is 173 Å². The molecule has 4 aliphatic heterocycles. The van der Waals surface area contributed by atoms with E-state index in [9.17, 15) is 48.0 Å². The molecule has 2 aromatic heterocycles. The van der Waals surface area contributed by atoms with Gasteiger partial charge in [-0.05, 0) is 82.8 Å². The van der Waals surface area contributed by atoms with Crippen LogP contribution in [-0.2, 0) is 36.7 Å². The average Bonchev–Trinajstić information content (AvgIpc) is 3.28. The smallest absolute Gasteiger partial charge is 0.477 e. The van der Waals surface area contributed by atoms with E-state index in [1.54, 1.807) is 26.5 Å². The van der Waals surface area contributed by atoms with E-state index in [2.05, 4.69) is 44.7 Å². The van der Waals surface area contributed by atoms with E-state index < -0.39 is 18.1 Å². The molecule has 0 unspecified atom stereocenters. The number of carbonyl (C=O) groups excluding carboxylic acids is 3. The van der Waals surface area contributed by atoms with Crippen molar-refractivity contribution in [3.63, 3.8) is 0 Å². The Labute approximate surface area is 392 Å². The Kier molecular flexibility index (Phi) is 17.0. The van der Waals surface area contributed by atoms with E-state index in [1.807, 2.05) is 24.9 Å². The van der Waals surface area contributed by atoms with Gasteiger partial charge in [-0.15, -0.1) is 0 Å². The number of aromatic carboxylic acids is 1. The van der Waals surface area contributed by atoms with Crippen LogP contribution in [0.2, 0.25) is 0 Å². The van der Waals surface area contributed by atoms with Crippen molar-refractivity contribution in [3.8, 4) is 12.1 Å². The summed E-state index contributed by atoms with van der Waals surface area (Å²) >= 11 is 0. The maximum absolute atomic E-state index is 12.8. The summed E-state index contributed by atoms with van der Waals surface area (Å²) in [6.07, 6.45) is 1.81. The summed E-state index contributed by atoms with van der Waals surface area (Å²) in [5.74, 6) is -3.93. The minimum absolute atomic E-state index is 0.0243. The fourth-order valence-corrected chi connectivity index (χ4v) is 8.79. The first-order valence-corrected chi connectivity index (χ1v) is 22.1. The summed E-state index contributed by atoms with van der Waals surface area (Å²) in [6, 6.07) is 7.86. The van der Waals surface area contributed by atoms with Crippen molar-refractivity contribution in [2.75, 3.05) is 80.7 Å². The lowest BCUT2D eigenvalue weighted by molar-refractivity contribution is -0.192. The van der Waals surface area contributed by atoms with E-state index in [-0.39, 0.29) is 58.2 Å². The number of carboxylic acids is 2. The van der Waals surface area contributed by atoms with Gasteiger partial charge in [0.2, 0.25) is 0 Å². The molecular weight excluding hydrogens is 892 g/mol. The number of hydrogen-bond acceptors (Lipinski definition) is 16. The maximum Gasteiger partial charge on any atom is 0.490 e. The zero-order chi connectivity index (χ0) is 50.3. The maximum atomic E-state index is 12.8. The summed E-state index contributed by atoms with van der Waals surface area (Å²) < 4.78 is 42.9. The molecule has 4 saturated heterocycles. The van der Waals surface area contributed by atoms with Crippen molar-refractivity contribution in [3.05, 3.63) is 69.3 Å². The zero-order valence-electron chi connectivity index (χ0n) is 39.1. The number of carboxylic acid groups (broad SMARTS) is 2. The second kappa shape index (κ2) is 21.9. The number of piperidine rings is 2. The highest BCUT2D eigenvalue weighted by Crippen LogP contribution is 2.38. The van der Waals surface area contributed by atoms with Crippen molar-refractivity contribution in [1.82, 2.24) is 29.6 Å². The van der Waals surface area contributed by atoms with Gasteiger partial charge in [-0.1, -0.05) is 0 Å². The Balaban J connectivity index is 0.000000203. The largest absolute Gasteiger partial charge is 0.490 e. The molecule has 4 fully saturated rings. The number of ether oxygens (including phenoxy) is 2. The number of fused-ring (bicyclic) bond motifs is 2. The Bertz CT molecular complexity index is 2410. The molecule has 0 bridgehead atoms. The number of alkyl halides is 3. The lowest BCUT2D eigenvalue weighted by Crippen LogP contribution is -2.53. The quantitative estimate of drug-likeness (QED) is 0.320. The molecule has 0 amide bonds. The number of carbonyl (C=O) groups is 5. The van der Waals surface area contributed by atoms with Crippen LogP contribution in [0.3, 0.4) is 0 Å². The highest BCUT2D eigenvalue weighted by molar-refractivity contribution is 6.11. The van der Waals surface area contributed by atoms with Crippen LogP contribution in [0.25, 0.3) is 11.4 Å². The monoisotopic (exact) mass is 949 g/mol. The minimum Gasteiger partial charge on any atom is -0.477 e. The number of aromatic nitrogens is 2. The van der Waals surface area contributed by atoms with E-state index in [0.29, 0.717) is 72.8 Å². The second-order valence-electron chi connectivity index (χ2n) is 18.4. The van der Waals surface area contributed by atoms with Crippen molar-refractivity contribution < 1.29 is 56.8 Å². The van der Waals surface area contributed by atoms with Crippen LogP contribution in [0, 0.1) is 28.6 Å². The number of halogens is 3. The number of Topliss-reactive ketones (excluding diaryl/α,β-unsaturated/α-hetero) is 3. The van der Waals surface area contributed by atoms with Gasteiger partial charge in [0.1, 0.15) is 34.7 Å².